The van der Waals surface area contributed by atoms with Crippen LogP contribution >= 0.6 is 0 Å². The molecule has 0 aliphatic heterocycles. The molecule has 2 heterocycles. The summed E-state index contributed by atoms with van der Waals surface area (Å²) in [6, 6.07) is 6.59. The molecule has 0 N–H and O–H groups in total. The molecule has 23 heavy (non-hydrogen) atoms. The van der Waals surface area contributed by atoms with Crippen LogP contribution in [0.15, 0.2) is 42.9 Å². The van der Waals surface area contributed by atoms with Gasteiger partial charge in [0, 0.05) is 37.3 Å². The molecule has 7 heteroatoms. The lowest BCUT2D eigenvalue weighted by atomic mass is 10.1. The van der Waals surface area contributed by atoms with Gasteiger partial charge >= 0.3 is 6.01 Å². The molecule has 0 saturated carbocycles. The number of rotatable bonds is 5. The fraction of sp³-hybridized carbons (Fsp3) is 0.188. The van der Waals surface area contributed by atoms with E-state index < -0.39 is 5.82 Å². The molecule has 2 aromatic heterocycles. The summed E-state index contributed by atoms with van der Waals surface area (Å²) in [7, 11) is 3.31. The molecule has 3 rings (SSSR count). The average molecular weight is 314 g/mol. The van der Waals surface area contributed by atoms with E-state index in [2.05, 4.69) is 15.1 Å². The Labute approximate surface area is 132 Å². The van der Waals surface area contributed by atoms with Gasteiger partial charge in [-0.2, -0.15) is 5.10 Å². The van der Waals surface area contributed by atoms with Crippen LogP contribution in [0.4, 0.5) is 4.39 Å². The van der Waals surface area contributed by atoms with E-state index >= 15 is 0 Å². The zero-order valence-corrected chi connectivity index (χ0v) is 12.7. The molecule has 0 unspecified atom stereocenters. The third kappa shape index (κ3) is 3.45. The summed E-state index contributed by atoms with van der Waals surface area (Å²) in [5.41, 5.74) is 2.20. The fourth-order valence-corrected chi connectivity index (χ4v) is 2.08. The zero-order valence-electron chi connectivity index (χ0n) is 12.7. The molecule has 0 spiro atoms. The highest BCUT2D eigenvalue weighted by Crippen LogP contribution is 2.25. The molecule has 0 atom stereocenters. The third-order valence-corrected chi connectivity index (χ3v) is 3.32. The highest BCUT2D eigenvalue weighted by molar-refractivity contribution is 5.63. The lowest BCUT2D eigenvalue weighted by Gasteiger charge is -2.09. The van der Waals surface area contributed by atoms with Gasteiger partial charge in [0.25, 0.3) is 0 Å². The van der Waals surface area contributed by atoms with Gasteiger partial charge < -0.3 is 9.47 Å². The van der Waals surface area contributed by atoms with Crippen LogP contribution < -0.4 is 9.47 Å². The Morgan fingerprint density at radius 2 is 1.91 bits per heavy atom. The van der Waals surface area contributed by atoms with Gasteiger partial charge in [0.05, 0.1) is 12.8 Å². The maximum atomic E-state index is 13.8. The Morgan fingerprint density at radius 3 is 2.57 bits per heavy atom. The number of ether oxygens (including phenoxy) is 2. The Hall–Kier alpha value is -2.96. The average Bonchev–Trinajstić information content (AvgIpc) is 2.98. The van der Waals surface area contributed by atoms with Gasteiger partial charge in [-0.3, -0.25) is 4.68 Å². The molecule has 1 aromatic carbocycles. The van der Waals surface area contributed by atoms with Crippen molar-refractivity contribution >= 4 is 0 Å². The maximum Gasteiger partial charge on any atom is 0.316 e. The second-order valence-corrected chi connectivity index (χ2v) is 4.87. The van der Waals surface area contributed by atoms with Gasteiger partial charge in [0.2, 0.25) is 0 Å². The molecule has 0 aliphatic carbocycles. The van der Waals surface area contributed by atoms with Gasteiger partial charge in [0.15, 0.2) is 0 Å². The molecular formula is C16H15FN4O2. The van der Waals surface area contributed by atoms with Gasteiger partial charge in [-0.15, -0.1) is 0 Å². The SMILES string of the molecule is COc1ncc(-c2cc(F)cc(OCc3ccnn3C)c2)cn1. The van der Waals surface area contributed by atoms with Crippen LogP contribution in [0.5, 0.6) is 11.8 Å². The minimum Gasteiger partial charge on any atom is -0.487 e. The van der Waals surface area contributed by atoms with Crippen molar-refractivity contribution < 1.29 is 13.9 Å². The van der Waals surface area contributed by atoms with Gasteiger partial charge in [0.1, 0.15) is 18.2 Å². The minimum absolute atomic E-state index is 0.262. The van der Waals surface area contributed by atoms with Gasteiger partial charge in [-0.1, -0.05) is 0 Å². The minimum atomic E-state index is -0.390. The quantitative estimate of drug-likeness (QED) is 0.724. The van der Waals surface area contributed by atoms with Crippen molar-refractivity contribution in [3.05, 3.63) is 54.4 Å². The van der Waals surface area contributed by atoms with E-state index in [-0.39, 0.29) is 6.01 Å². The highest BCUT2D eigenvalue weighted by atomic mass is 19.1. The van der Waals surface area contributed by atoms with Crippen molar-refractivity contribution in [2.24, 2.45) is 7.05 Å². The van der Waals surface area contributed by atoms with E-state index in [1.54, 1.807) is 29.3 Å². The zero-order chi connectivity index (χ0) is 16.2. The Bertz CT molecular complexity index is 802. The standard InChI is InChI=1S/C16H15FN4O2/c1-21-14(3-4-20-21)10-23-15-6-11(5-13(17)7-15)12-8-18-16(22-2)19-9-12/h3-9H,10H2,1-2H3. The normalized spacial score (nSPS) is 10.6. The van der Waals surface area contributed by atoms with Crippen LogP contribution in [-0.4, -0.2) is 26.9 Å². The lowest BCUT2D eigenvalue weighted by molar-refractivity contribution is 0.293. The van der Waals surface area contributed by atoms with Gasteiger partial charge in [-0.25, -0.2) is 14.4 Å². The summed E-state index contributed by atoms with van der Waals surface area (Å²) >= 11 is 0. The van der Waals surface area contributed by atoms with Crippen LogP contribution in [0.25, 0.3) is 11.1 Å². The van der Waals surface area contributed by atoms with Crippen molar-refractivity contribution in [1.29, 1.82) is 0 Å². The smallest absolute Gasteiger partial charge is 0.316 e. The van der Waals surface area contributed by atoms with E-state index in [1.807, 2.05) is 13.1 Å². The number of hydrogen-bond acceptors (Lipinski definition) is 5. The summed E-state index contributed by atoms with van der Waals surface area (Å²) in [6.45, 7) is 0.304. The number of hydrogen-bond donors (Lipinski definition) is 0. The van der Waals surface area contributed by atoms with Crippen molar-refractivity contribution in [3.8, 4) is 22.9 Å². The van der Waals surface area contributed by atoms with Crippen LogP contribution in [0, 0.1) is 5.82 Å². The van der Waals surface area contributed by atoms with Crippen LogP contribution in [0.1, 0.15) is 5.69 Å². The molecule has 3 aromatic rings. The van der Waals surface area contributed by atoms with Crippen molar-refractivity contribution in [1.82, 2.24) is 19.7 Å². The number of aryl methyl sites for hydroxylation is 1. The summed E-state index contributed by atoms with van der Waals surface area (Å²) in [6.07, 6.45) is 4.83. The third-order valence-electron chi connectivity index (χ3n) is 3.32. The topological polar surface area (TPSA) is 62.1 Å². The van der Waals surface area contributed by atoms with E-state index in [9.17, 15) is 4.39 Å². The first-order chi connectivity index (χ1) is 11.2. The number of methoxy groups -OCH3 is 1. The van der Waals surface area contributed by atoms with E-state index in [0.29, 0.717) is 23.5 Å². The number of halogens is 1. The fourth-order valence-electron chi connectivity index (χ4n) is 2.08. The number of benzene rings is 1. The Balaban J connectivity index is 1.82. The molecule has 0 bridgehead atoms. The Morgan fingerprint density at radius 1 is 1.13 bits per heavy atom. The molecule has 6 nitrogen and oxygen atoms in total. The van der Waals surface area contributed by atoms with Gasteiger partial charge in [-0.05, 0) is 23.8 Å². The van der Waals surface area contributed by atoms with Crippen molar-refractivity contribution in [2.45, 2.75) is 6.61 Å². The first kappa shape index (κ1) is 15.0. The predicted octanol–water partition coefficient (Wildman–Crippen LogP) is 2.60. The molecular weight excluding hydrogens is 299 g/mol. The molecule has 0 radical (unpaired) electrons. The maximum absolute atomic E-state index is 13.8. The summed E-state index contributed by atoms with van der Waals surface area (Å²) < 4.78 is 26.1. The van der Waals surface area contributed by atoms with Crippen LogP contribution in [0.2, 0.25) is 0 Å². The molecule has 0 amide bonds. The van der Waals surface area contributed by atoms with Crippen molar-refractivity contribution in [3.63, 3.8) is 0 Å². The summed E-state index contributed by atoms with van der Waals surface area (Å²) in [5.74, 6) is 0.0374. The van der Waals surface area contributed by atoms with E-state index in [1.165, 1.54) is 19.2 Å². The predicted molar refractivity (Wildman–Crippen MR) is 81.5 cm³/mol. The van der Waals surface area contributed by atoms with Crippen LogP contribution in [-0.2, 0) is 13.7 Å². The molecule has 0 aliphatic rings. The molecule has 118 valence electrons. The highest BCUT2D eigenvalue weighted by Gasteiger charge is 2.07. The second-order valence-electron chi connectivity index (χ2n) is 4.87. The van der Waals surface area contributed by atoms with Crippen LogP contribution in [0.3, 0.4) is 0 Å². The molecule has 0 fully saturated rings. The summed E-state index contributed by atoms with van der Waals surface area (Å²) in [5, 5.41) is 4.06. The summed E-state index contributed by atoms with van der Waals surface area (Å²) in [4.78, 5) is 8.05. The van der Waals surface area contributed by atoms with Crippen molar-refractivity contribution in [2.75, 3.05) is 7.11 Å². The second kappa shape index (κ2) is 6.43. The largest absolute Gasteiger partial charge is 0.487 e. The first-order valence-corrected chi connectivity index (χ1v) is 6.92. The van der Waals surface area contributed by atoms with E-state index in [4.69, 9.17) is 9.47 Å². The molecule has 0 saturated heterocycles. The first-order valence-electron chi connectivity index (χ1n) is 6.92. The Kier molecular flexibility index (Phi) is 4.18. The monoisotopic (exact) mass is 314 g/mol. The van der Waals surface area contributed by atoms with E-state index in [0.717, 1.165) is 5.69 Å². The number of aromatic nitrogens is 4. The number of nitrogens with zero attached hydrogens (tertiary/aromatic N) is 4. The lowest BCUT2D eigenvalue weighted by Crippen LogP contribution is -2.03.